The fourth-order valence-corrected chi connectivity index (χ4v) is 8.15. The Hall–Kier alpha value is -7.58. The standard InChI is InChI=1S/C11H17N.2C10H16N2.2C9H16N2.4C8H15N3/c1-8(2)10-6-5-7-11(12-10)9(3)4;1-7(2)9-5-12-10(6-11-9)8(3)4;1-7(2)9-5-11-6-10(12-9)8(3)4;1-7(2)9-5-10-11(6-9)8(3)4;1-7(2)9-5-6-11(10-9)8(3)4;1-6(2)8-9-5-11(10-8)7(3)4;1-6(2)8-5-11(7(3)4)10-9-8;1-6(2)8-5-9-11(10-8)7(3)4;1-5(2)7-9-8(6(3)4)11-10-7/h5-9H,1-4H3;2*5-8H,1-4H3;2*5-8H,1-4H3;4*5-7H,1-4H3. The molecule has 0 fully saturated rings. The van der Waals surface area contributed by atoms with Gasteiger partial charge in [0.05, 0.1) is 58.3 Å². The Bertz CT molecular complexity index is 2990. The molecule has 0 N–H and O–H groups in total. The summed E-state index contributed by atoms with van der Waals surface area (Å²) < 4.78 is 7.76. The molecule has 102 heavy (non-hydrogen) atoms. The third-order valence-corrected chi connectivity index (χ3v) is 15.7. The van der Waals surface area contributed by atoms with Crippen molar-refractivity contribution in [1.82, 2.24) is 89.2 Å². The lowest BCUT2D eigenvalue weighted by Crippen LogP contribution is -2.08. The van der Waals surface area contributed by atoms with E-state index in [0.717, 1.165) is 45.8 Å². The highest BCUT2D eigenvalue weighted by atomic mass is 15.5. The minimum absolute atomic E-state index is 0.0763. The second-order valence-corrected chi connectivity index (χ2v) is 31.7. The molecule has 0 saturated heterocycles. The van der Waals surface area contributed by atoms with Crippen LogP contribution in [0.4, 0.5) is 0 Å². The van der Waals surface area contributed by atoms with Gasteiger partial charge in [-0.2, -0.15) is 35.4 Å². The van der Waals surface area contributed by atoms with E-state index in [1.807, 2.05) is 68.3 Å². The number of nitrogens with zero attached hydrogens (tertiary/aromatic N) is 21. The number of aliphatic imine (C=N–C) groups is 1. The first-order chi connectivity index (χ1) is 47.5. The first-order valence-electron chi connectivity index (χ1n) is 37.9. The van der Waals surface area contributed by atoms with Gasteiger partial charge in [-0.3, -0.25) is 39.0 Å². The Kier molecular flexibility index (Phi) is 42.5. The Morgan fingerprint density at radius 2 is 0.794 bits per heavy atom. The summed E-state index contributed by atoms with van der Waals surface area (Å²) >= 11 is 0. The van der Waals surface area contributed by atoms with Crippen molar-refractivity contribution in [3.05, 3.63) is 149 Å². The number of hydrogen-bond acceptors (Lipinski definition) is 16. The summed E-state index contributed by atoms with van der Waals surface area (Å²) in [6.45, 7) is 76.5. The van der Waals surface area contributed by atoms with Gasteiger partial charge in [0.2, 0.25) is 0 Å². The molecule has 9 heterocycles. The van der Waals surface area contributed by atoms with Crippen molar-refractivity contribution < 1.29 is 0 Å². The van der Waals surface area contributed by atoms with Crippen molar-refractivity contribution in [2.45, 2.75) is 351 Å². The number of amidine groups is 1. The maximum absolute atomic E-state index is 4.57. The van der Waals surface area contributed by atoms with Crippen LogP contribution < -0.4 is 0 Å². The van der Waals surface area contributed by atoms with E-state index in [-0.39, 0.29) is 6.17 Å². The topological polar surface area (TPSA) is 229 Å². The Labute approximate surface area is 618 Å². The van der Waals surface area contributed by atoms with E-state index in [1.165, 1.54) is 22.6 Å². The van der Waals surface area contributed by atoms with E-state index in [9.17, 15) is 0 Å². The van der Waals surface area contributed by atoms with Crippen molar-refractivity contribution in [1.29, 1.82) is 0 Å². The van der Waals surface area contributed by atoms with Crippen LogP contribution in [0.3, 0.4) is 0 Å². The predicted molar refractivity (Wildman–Crippen MR) is 425 cm³/mol. The summed E-state index contributed by atoms with van der Waals surface area (Å²) in [6.07, 6.45) is 19.3. The van der Waals surface area contributed by atoms with E-state index in [4.69, 9.17) is 0 Å². The molecule has 0 bridgehead atoms. The third-order valence-electron chi connectivity index (χ3n) is 15.7. The molecule has 0 amide bonds. The molecule has 21 heteroatoms. The quantitative estimate of drug-likeness (QED) is 0.0779. The first kappa shape index (κ1) is 92.4. The van der Waals surface area contributed by atoms with Crippen LogP contribution in [0, 0.1) is 11.8 Å². The van der Waals surface area contributed by atoms with Gasteiger partial charge < -0.3 is 0 Å². The van der Waals surface area contributed by atoms with Crippen LogP contribution in [-0.2, 0) is 0 Å². The van der Waals surface area contributed by atoms with Crippen LogP contribution in [0.25, 0.3) is 0 Å². The van der Waals surface area contributed by atoms with E-state index in [2.05, 4.69) is 361 Å². The molecule has 0 aliphatic carbocycles. The van der Waals surface area contributed by atoms with Gasteiger partial charge in [-0.25, -0.2) is 14.7 Å². The average molecular weight is 1410 g/mol. The van der Waals surface area contributed by atoms with Crippen LogP contribution in [0.15, 0.2) is 102 Å². The van der Waals surface area contributed by atoms with E-state index < -0.39 is 0 Å². The maximum Gasteiger partial charge on any atom is 0.165 e. The van der Waals surface area contributed by atoms with Crippen molar-refractivity contribution in [3.63, 3.8) is 0 Å². The molecule has 570 valence electrons. The second kappa shape index (κ2) is 46.9. The zero-order valence-electron chi connectivity index (χ0n) is 70.4. The molecule has 8 aromatic heterocycles. The molecule has 0 spiro atoms. The molecule has 1 aliphatic heterocycles. The second-order valence-electron chi connectivity index (χ2n) is 31.7. The highest BCUT2D eigenvalue weighted by Crippen LogP contribution is 2.22. The van der Waals surface area contributed by atoms with E-state index in [0.29, 0.717) is 107 Å². The minimum atomic E-state index is 0.0763. The van der Waals surface area contributed by atoms with Gasteiger partial charge in [-0.05, 0) is 158 Å². The van der Waals surface area contributed by atoms with Crippen molar-refractivity contribution in [2.75, 3.05) is 0 Å². The summed E-state index contributed by atoms with van der Waals surface area (Å²) in [4.78, 5) is 32.2. The van der Waals surface area contributed by atoms with Crippen LogP contribution in [0.1, 0.15) is 407 Å². The molecular formula is C81H141N21. The Morgan fingerprint density at radius 1 is 0.333 bits per heavy atom. The van der Waals surface area contributed by atoms with Gasteiger partial charge >= 0.3 is 0 Å². The van der Waals surface area contributed by atoms with Gasteiger partial charge in [0, 0.05) is 90.8 Å². The van der Waals surface area contributed by atoms with E-state index in [1.54, 1.807) is 11.1 Å². The Balaban J connectivity index is 0.000000574. The fraction of sp³-hybridized carbons (Fsp3) is 0.679. The zero-order chi connectivity index (χ0) is 78.0. The summed E-state index contributed by atoms with van der Waals surface area (Å²) in [6, 6.07) is 10.5. The summed E-state index contributed by atoms with van der Waals surface area (Å²) in [5, 5.41) is 37.6. The van der Waals surface area contributed by atoms with Crippen molar-refractivity contribution >= 4 is 5.84 Å². The summed E-state index contributed by atoms with van der Waals surface area (Å²) in [7, 11) is 0. The molecule has 21 nitrogen and oxygen atoms in total. The first-order valence-corrected chi connectivity index (χ1v) is 37.9. The predicted octanol–water partition coefficient (Wildman–Crippen LogP) is 22.4. The lowest BCUT2D eigenvalue weighted by atomic mass is 10.1. The molecule has 0 aromatic carbocycles. The van der Waals surface area contributed by atoms with Crippen molar-refractivity contribution in [3.8, 4) is 0 Å². The number of azo groups is 1. The molecule has 8 aromatic rings. The summed E-state index contributed by atoms with van der Waals surface area (Å²) in [5.74, 6) is 8.13. The molecular weight excluding hydrogens is 1270 g/mol. The highest BCUT2D eigenvalue weighted by Gasteiger charge is 2.19. The van der Waals surface area contributed by atoms with Crippen LogP contribution in [0.2, 0.25) is 0 Å². The SMILES string of the molecule is CC(C)C1=NC(C(C)C)N=N1.CC(C)c1cccc(C(C)C)n1.CC(C)c1ccn(C(C)C)n1.CC(C)c1cn(C(C)C)nn1.CC(C)c1cnc(C(C)C)cn1.CC(C)c1cncc(C(C)C)n1.CC(C)c1cnn(C(C)C)c1.CC(C)c1cnn(C(C)C)n1.CC(C)c1ncn(C(C)C)n1. The molecule has 1 unspecified atom stereocenters. The molecule has 0 radical (unpaired) electrons. The minimum Gasteiger partial charge on any atom is -0.270 e. The van der Waals surface area contributed by atoms with Gasteiger partial charge in [0.25, 0.3) is 0 Å². The van der Waals surface area contributed by atoms with Crippen molar-refractivity contribution in [2.24, 2.45) is 27.1 Å². The lowest BCUT2D eigenvalue weighted by Gasteiger charge is -2.08. The largest absolute Gasteiger partial charge is 0.270 e. The number of hydrogen-bond donors (Lipinski definition) is 0. The van der Waals surface area contributed by atoms with Crippen LogP contribution in [-0.4, -0.2) is 101 Å². The maximum atomic E-state index is 4.57. The smallest absolute Gasteiger partial charge is 0.165 e. The number of pyridine rings is 1. The third kappa shape index (κ3) is 35.1. The normalized spacial score (nSPS) is 12.6. The summed E-state index contributed by atoms with van der Waals surface area (Å²) in [5.41, 5.74) is 11.3. The lowest BCUT2D eigenvalue weighted by molar-refractivity contribution is 0.461. The fourth-order valence-electron chi connectivity index (χ4n) is 8.15. The number of rotatable bonds is 18. The average Bonchev–Trinajstić information content (AvgIpc) is 1.82. The molecule has 0 saturated carbocycles. The molecule has 1 atom stereocenters. The monoisotopic (exact) mass is 1410 g/mol. The highest BCUT2D eigenvalue weighted by molar-refractivity contribution is 5.85. The van der Waals surface area contributed by atoms with Crippen LogP contribution in [0.5, 0.6) is 0 Å². The van der Waals surface area contributed by atoms with Crippen LogP contribution >= 0.6 is 0 Å². The van der Waals surface area contributed by atoms with Gasteiger partial charge in [0.15, 0.2) is 17.8 Å². The number of aromatic nitrogens is 18. The van der Waals surface area contributed by atoms with Gasteiger partial charge in [0.1, 0.15) is 6.33 Å². The molecule has 9 rings (SSSR count). The Morgan fingerprint density at radius 3 is 1.07 bits per heavy atom. The van der Waals surface area contributed by atoms with Gasteiger partial charge in [-0.1, -0.05) is 191 Å². The van der Waals surface area contributed by atoms with E-state index >= 15 is 0 Å². The van der Waals surface area contributed by atoms with Gasteiger partial charge in [-0.15, -0.1) is 10.2 Å². The zero-order valence-corrected chi connectivity index (χ0v) is 70.4. The molecule has 1 aliphatic rings.